The minimum absolute atomic E-state index is 0.104. The Balaban J connectivity index is 1.99. The van der Waals surface area contributed by atoms with E-state index in [1.54, 1.807) is 0 Å². The number of rotatable bonds is 9. The van der Waals surface area contributed by atoms with Gasteiger partial charge >= 0.3 is 24.6 Å². The number of nitrogens with zero attached hydrogens (tertiary/aromatic N) is 1. The van der Waals surface area contributed by atoms with Crippen LogP contribution in [0.25, 0.3) is 0 Å². The van der Waals surface area contributed by atoms with Crippen LogP contribution < -0.4 is 4.74 Å². The monoisotopic (exact) mass is 625 g/mol. The van der Waals surface area contributed by atoms with E-state index in [-0.39, 0.29) is 28.8 Å². The van der Waals surface area contributed by atoms with Crippen LogP contribution >= 0.6 is 11.6 Å². The molecule has 0 aliphatic carbocycles. The van der Waals surface area contributed by atoms with Crippen LogP contribution in [-0.2, 0) is 18.5 Å². The van der Waals surface area contributed by atoms with Crippen LogP contribution in [0.4, 0.5) is 43.9 Å². The highest BCUT2D eigenvalue weighted by Crippen LogP contribution is 2.54. The highest BCUT2D eigenvalue weighted by atomic mass is 35.5. The Labute approximate surface area is 235 Å². The molecule has 0 unspecified atom stereocenters. The van der Waals surface area contributed by atoms with Gasteiger partial charge in [-0.1, -0.05) is 35.9 Å². The van der Waals surface area contributed by atoms with Crippen molar-refractivity contribution < 1.29 is 58.2 Å². The molecule has 0 fully saturated rings. The van der Waals surface area contributed by atoms with Crippen LogP contribution in [0.1, 0.15) is 43.0 Å². The SMILES string of the molecule is N#Cc1ccc(C(=O)Cc2cccc(C(=O)Cc3c(Cl)cc(C(F)(C(F)(F)F)C(F)(F)F)cc3OC(F)F)c2F)cc1. The lowest BCUT2D eigenvalue weighted by molar-refractivity contribution is -0.348. The normalized spacial score (nSPS) is 12.3. The minimum Gasteiger partial charge on any atom is -0.434 e. The predicted molar refractivity (Wildman–Crippen MR) is 127 cm³/mol. The van der Waals surface area contributed by atoms with Gasteiger partial charge in [-0.3, -0.25) is 9.59 Å². The van der Waals surface area contributed by atoms with E-state index in [1.807, 2.05) is 6.07 Å². The van der Waals surface area contributed by atoms with Crippen molar-refractivity contribution in [1.29, 1.82) is 5.26 Å². The van der Waals surface area contributed by atoms with Gasteiger partial charge in [0, 0.05) is 34.6 Å². The van der Waals surface area contributed by atoms with Gasteiger partial charge in [0.2, 0.25) is 0 Å². The fourth-order valence-electron chi connectivity index (χ4n) is 3.86. The van der Waals surface area contributed by atoms with Gasteiger partial charge in [-0.2, -0.15) is 40.4 Å². The molecule has 0 aliphatic heterocycles. The summed E-state index contributed by atoms with van der Waals surface area (Å²) in [6.07, 6.45) is -15.0. The maximum Gasteiger partial charge on any atom is 0.435 e. The first-order valence-corrected chi connectivity index (χ1v) is 11.7. The van der Waals surface area contributed by atoms with Crippen LogP contribution in [0, 0.1) is 17.1 Å². The van der Waals surface area contributed by atoms with E-state index >= 15 is 4.39 Å². The van der Waals surface area contributed by atoms with Crippen molar-refractivity contribution in [2.75, 3.05) is 0 Å². The lowest BCUT2D eigenvalue weighted by Gasteiger charge is -2.31. The first-order valence-electron chi connectivity index (χ1n) is 11.3. The van der Waals surface area contributed by atoms with Crippen LogP contribution in [-0.4, -0.2) is 30.5 Å². The van der Waals surface area contributed by atoms with Crippen LogP contribution in [0.15, 0.2) is 54.6 Å². The summed E-state index contributed by atoms with van der Waals surface area (Å²) in [7, 11) is 0. The zero-order valence-corrected chi connectivity index (χ0v) is 21.3. The quantitative estimate of drug-likeness (QED) is 0.178. The topological polar surface area (TPSA) is 67.2 Å². The minimum atomic E-state index is -6.60. The van der Waals surface area contributed by atoms with Crippen molar-refractivity contribution in [2.45, 2.75) is 37.5 Å². The number of alkyl halides is 9. The molecule has 0 N–H and O–H groups in total. The number of ketones is 2. The second kappa shape index (κ2) is 12.0. The molecule has 222 valence electrons. The zero-order chi connectivity index (χ0) is 31.6. The summed E-state index contributed by atoms with van der Waals surface area (Å²) in [6, 6.07) is 9.92. The summed E-state index contributed by atoms with van der Waals surface area (Å²) in [5.41, 5.74) is -9.83. The molecular weight excluding hydrogens is 612 g/mol. The highest BCUT2D eigenvalue weighted by Gasteiger charge is 2.73. The third-order valence-corrected chi connectivity index (χ3v) is 6.29. The van der Waals surface area contributed by atoms with Crippen LogP contribution in [0.3, 0.4) is 0 Å². The Morgan fingerprint density at radius 3 is 2.00 bits per heavy atom. The number of carbonyl (C=O) groups is 2. The maximum absolute atomic E-state index is 15.2. The number of hydrogen-bond donors (Lipinski definition) is 0. The number of carbonyl (C=O) groups excluding carboxylic acids is 2. The standard InChI is InChI=1S/C27H14ClF10NO3/c28-19-9-16(25(32,26(33,34)35)27(36,37)38)10-22(42-24(30)31)18(19)11-21(41)17-3-1-2-15(23(17)29)8-20(40)14-6-4-13(12-39)5-7-14/h1-7,9-10,24H,8,11H2. The van der Waals surface area contributed by atoms with Crippen molar-refractivity contribution in [3.63, 3.8) is 0 Å². The summed E-state index contributed by atoms with van der Waals surface area (Å²) in [6.45, 7) is -3.86. The van der Waals surface area contributed by atoms with Crippen molar-refractivity contribution in [2.24, 2.45) is 0 Å². The van der Waals surface area contributed by atoms with Crippen molar-refractivity contribution >= 4 is 23.2 Å². The second-order valence-electron chi connectivity index (χ2n) is 8.63. The number of nitriles is 1. The molecule has 0 spiro atoms. The molecule has 0 saturated carbocycles. The van der Waals surface area contributed by atoms with Crippen LogP contribution in [0.2, 0.25) is 5.02 Å². The maximum atomic E-state index is 15.2. The third-order valence-electron chi connectivity index (χ3n) is 5.95. The molecule has 15 heteroatoms. The molecule has 0 heterocycles. The lowest BCUT2D eigenvalue weighted by Crippen LogP contribution is -2.50. The molecule has 42 heavy (non-hydrogen) atoms. The fourth-order valence-corrected chi connectivity index (χ4v) is 4.14. The summed E-state index contributed by atoms with van der Waals surface area (Å²) in [5.74, 6) is -4.57. The Bertz CT molecular complexity index is 1530. The van der Waals surface area contributed by atoms with Gasteiger partial charge in [0.1, 0.15) is 11.6 Å². The van der Waals surface area contributed by atoms with E-state index in [2.05, 4.69) is 4.74 Å². The van der Waals surface area contributed by atoms with E-state index in [9.17, 15) is 49.1 Å². The molecule has 0 atom stereocenters. The Morgan fingerprint density at radius 1 is 0.881 bits per heavy atom. The summed E-state index contributed by atoms with van der Waals surface area (Å²) in [5, 5.41) is 7.66. The predicted octanol–water partition coefficient (Wildman–Crippen LogP) is 8.09. The van der Waals surface area contributed by atoms with E-state index in [4.69, 9.17) is 16.9 Å². The third kappa shape index (κ3) is 6.51. The van der Waals surface area contributed by atoms with E-state index in [1.165, 1.54) is 24.3 Å². The first kappa shape index (κ1) is 32.4. The second-order valence-corrected chi connectivity index (χ2v) is 9.04. The molecule has 0 aromatic heterocycles. The van der Waals surface area contributed by atoms with E-state index in [0.717, 1.165) is 18.2 Å². The Morgan fingerprint density at radius 2 is 1.48 bits per heavy atom. The Hall–Kier alpha value is -4.12. The fraction of sp³-hybridized carbons (Fsp3) is 0.222. The molecule has 0 amide bonds. The summed E-state index contributed by atoms with van der Waals surface area (Å²) >= 11 is 5.75. The molecule has 0 radical (unpaired) electrons. The van der Waals surface area contributed by atoms with Gasteiger partial charge in [-0.25, -0.2) is 8.78 Å². The van der Waals surface area contributed by atoms with E-state index in [0.29, 0.717) is 0 Å². The molecule has 3 aromatic rings. The van der Waals surface area contributed by atoms with Crippen molar-refractivity contribution in [3.05, 3.63) is 98.8 Å². The highest BCUT2D eigenvalue weighted by molar-refractivity contribution is 6.32. The number of ether oxygens (including phenoxy) is 1. The van der Waals surface area contributed by atoms with Gasteiger partial charge in [0.15, 0.2) is 11.6 Å². The Kier molecular flexibility index (Phi) is 9.26. The van der Waals surface area contributed by atoms with Gasteiger partial charge in [0.25, 0.3) is 0 Å². The van der Waals surface area contributed by atoms with Gasteiger partial charge in [-0.05, 0) is 35.9 Å². The zero-order valence-electron chi connectivity index (χ0n) is 20.5. The smallest absolute Gasteiger partial charge is 0.434 e. The van der Waals surface area contributed by atoms with Gasteiger partial charge < -0.3 is 4.74 Å². The van der Waals surface area contributed by atoms with Crippen molar-refractivity contribution in [3.8, 4) is 11.8 Å². The summed E-state index contributed by atoms with van der Waals surface area (Å²) in [4.78, 5) is 25.5. The molecule has 3 rings (SSSR count). The molecule has 0 aliphatic rings. The van der Waals surface area contributed by atoms with E-state index < -0.39 is 82.3 Å². The first-order chi connectivity index (χ1) is 19.4. The largest absolute Gasteiger partial charge is 0.435 e. The average molecular weight is 626 g/mol. The molecule has 0 bridgehead atoms. The number of benzene rings is 3. The number of halogens is 11. The lowest BCUT2D eigenvalue weighted by atomic mass is 9.91. The average Bonchev–Trinajstić information content (AvgIpc) is 2.89. The number of Topliss-reactive ketones (excluding diaryl/α,β-unsaturated/α-hetero) is 2. The van der Waals surface area contributed by atoms with Crippen molar-refractivity contribution in [1.82, 2.24) is 0 Å². The molecule has 4 nitrogen and oxygen atoms in total. The molecule has 0 saturated heterocycles. The van der Waals surface area contributed by atoms with Gasteiger partial charge in [0.05, 0.1) is 17.2 Å². The number of hydrogen-bond acceptors (Lipinski definition) is 4. The molecular formula is C27H14ClF10NO3. The van der Waals surface area contributed by atoms with Gasteiger partial charge in [-0.15, -0.1) is 0 Å². The summed E-state index contributed by atoms with van der Waals surface area (Å²) < 4.78 is 139. The van der Waals surface area contributed by atoms with Crippen LogP contribution in [0.5, 0.6) is 5.75 Å². The molecule has 3 aromatic carbocycles.